The minimum Gasteiger partial charge on any atom is -0.493 e. The Bertz CT molecular complexity index is 886. The molecule has 0 aromatic heterocycles. The predicted molar refractivity (Wildman–Crippen MR) is 108 cm³/mol. The lowest BCUT2D eigenvalue weighted by molar-refractivity contribution is -0.125. The Balaban J connectivity index is 2.10. The summed E-state index contributed by atoms with van der Waals surface area (Å²) in [4.78, 5) is 12.9. The van der Waals surface area contributed by atoms with Crippen LogP contribution in [0.2, 0.25) is 0 Å². The first-order chi connectivity index (χ1) is 13.2. The van der Waals surface area contributed by atoms with Crippen molar-refractivity contribution in [3.05, 3.63) is 60.2 Å². The van der Waals surface area contributed by atoms with Gasteiger partial charge >= 0.3 is 0 Å². The number of methoxy groups -OCH3 is 1. The van der Waals surface area contributed by atoms with E-state index in [-0.39, 0.29) is 12.6 Å². The zero-order valence-electron chi connectivity index (χ0n) is 16.5. The standard InChI is InChI=1S/C20H26N2O5S/c1-15(14-27-18-13-9-8-12-17(18)26-3)21-20(23)19(22(2)28(4,24)25)16-10-6-5-7-11-16/h5-13,15,19H,14H2,1-4H3,(H,21,23)/t15-,19-/m0/s1. The van der Waals surface area contributed by atoms with Gasteiger partial charge in [-0.2, -0.15) is 4.31 Å². The highest BCUT2D eigenvalue weighted by Crippen LogP contribution is 2.26. The fourth-order valence-electron chi connectivity index (χ4n) is 2.67. The average molecular weight is 407 g/mol. The van der Waals surface area contributed by atoms with Crippen molar-refractivity contribution in [2.75, 3.05) is 27.0 Å². The van der Waals surface area contributed by atoms with Crippen molar-refractivity contribution in [3.8, 4) is 11.5 Å². The Kier molecular flexibility index (Phi) is 7.42. The van der Waals surface area contributed by atoms with Crippen LogP contribution in [-0.4, -0.2) is 51.7 Å². The Morgan fingerprint density at radius 3 is 2.21 bits per heavy atom. The van der Waals surface area contributed by atoms with Crippen molar-refractivity contribution in [3.63, 3.8) is 0 Å². The maximum atomic E-state index is 12.9. The van der Waals surface area contributed by atoms with E-state index in [1.54, 1.807) is 50.4 Å². The first-order valence-corrected chi connectivity index (χ1v) is 10.6. The van der Waals surface area contributed by atoms with Gasteiger partial charge in [0.2, 0.25) is 15.9 Å². The summed E-state index contributed by atoms with van der Waals surface area (Å²) < 4.78 is 36.1. The van der Waals surface area contributed by atoms with Crippen LogP contribution in [0.3, 0.4) is 0 Å². The summed E-state index contributed by atoms with van der Waals surface area (Å²) in [5, 5.41) is 2.83. The fraction of sp³-hybridized carbons (Fsp3) is 0.350. The molecule has 0 heterocycles. The van der Waals surface area contributed by atoms with E-state index in [2.05, 4.69) is 5.32 Å². The molecular weight excluding hydrogens is 380 g/mol. The molecule has 0 aliphatic heterocycles. The molecule has 7 nitrogen and oxygen atoms in total. The summed E-state index contributed by atoms with van der Waals surface area (Å²) in [5.74, 6) is 0.745. The molecule has 0 aliphatic carbocycles. The van der Waals surface area contributed by atoms with Gasteiger partial charge in [0.1, 0.15) is 12.6 Å². The van der Waals surface area contributed by atoms with E-state index >= 15 is 0 Å². The van der Waals surface area contributed by atoms with Gasteiger partial charge in [0.25, 0.3) is 0 Å². The monoisotopic (exact) mass is 406 g/mol. The molecule has 0 fully saturated rings. The number of carbonyl (C=O) groups is 1. The van der Waals surface area contributed by atoms with E-state index in [9.17, 15) is 13.2 Å². The maximum absolute atomic E-state index is 12.9. The SMILES string of the molecule is COc1ccccc1OC[C@H](C)NC(=O)[C@H](c1ccccc1)N(C)S(C)(=O)=O. The van der Waals surface area contributed by atoms with Crippen molar-refractivity contribution in [1.29, 1.82) is 0 Å². The van der Waals surface area contributed by atoms with Crippen LogP contribution >= 0.6 is 0 Å². The minimum absolute atomic E-state index is 0.205. The number of amides is 1. The van der Waals surface area contributed by atoms with Gasteiger partial charge in [0.05, 0.1) is 19.4 Å². The normalized spacial score (nSPS) is 13.6. The van der Waals surface area contributed by atoms with Gasteiger partial charge in [-0.25, -0.2) is 8.42 Å². The molecule has 2 aromatic rings. The summed E-state index contributed by atoms with van der Waals surface area (Å²) in [5.41, 5.74) is 0.589. The first-order valence-electron chi connectivity index (χ1n) is 8.78. The zero-order valence-corrected chi connectivity index (χ0v) is 17.3. The van der Waals surface area contributed by atoms with E-state index in [4.69, 9.17) is 9.47 Å². The molecule has 0 spiro atoms. The number of sulfonamides is 1. The highest BCUT2D eigenvalue weighted by molar-refractivity contribution is 7.88. The number of likely N-dealkylation sites (N-methyl/N-ethyl adjacent to an activating group) is 1. The van der Waals surface area contributed by atoms with Crippen LogP contribution in [0.25, 0.3) is 0 Å². The predicted octanol–water partition coefficient (Wildman–Crippen LogP) is 2.21. The van der Waals surface area contributed by atoms with Crippen LogP contribution in [-0.2, 0) is 14.8 Å². The average Bonchev–Trinajstić information content (AvgIpc) is 2.66. The van der Waals surface area contributed by atoms with Crippen LogP contribution < -0.4 is 14.8 Å². The summed E-state index contributed by atoms with van der Waals surface area (Å²) in [6, 6.07) is 14.7. The largest absolute Gasteiger partial charge is 0.493 e. The van der Waals surface area contributed by atoms with Crippen molar-refractivity contribution in [2.45, 2.75) is 19.0 Å². The number of hydrogen-bond donors (Lipinski definition) is 1. The summed E-state index contributed by atoms with van der Waals surface area (Å²) in [6.45, 7) is 1.99. The molecule has 0 radical (unpaired) electrons. The molecule has 2 atom stereocenters. The topological polar surface area (TPSA) is 84.9 Å². The van der Waals surface area contributed by atoms with Gasteiger partial charge < -0.3 is 14.8 Å². The molecule has 2 rings (SSSR count). The highest BCUT2D eigenvalue weighted by atomic mass is 32.2. The van der Waals surface area contributed by atoms with Crippen molar-refractivity contribution < 1.29 is 22.7 Å². The van der Waals surface area contributed by atoms with Gasteiger partial charge in [0.15, 0.2) is 11.5 Å². The fourth-order valence-corrected chi connectivity index (χ4v) is 3.27. The minimum atomic E-state index is -3.57. The van der Waals surface area contributed by atoms with Gasteiger partial charge in [-0.15, -0.1) is 0 Å². The van der Waals surface area contributed by atoms with Gasteiger partial charge in [-0.1, -0.05) is 42.5 Å². The lowest BCUT2D eigenvalue weighted by Crippen LogP contribution is -2.45. The second kappa shape index (κ2) is 9.57. The molecule has 1 amide bonds. The van der Waals surface area contributed by atoms with Gasteiger partial charge in [-0.3, -0.25) is 4.79 Å². The third-order valence-corrected chi connectivity index (χ3v) is 5.45. The molecule has 8 heteroatoms. The van der Waals surface area contributed by atoms with Crippen LogP contribution in [0.1, 0.15) is 18.5 Å². The van der Waals surface area contributed by atoms with Crippen LogP contribution in [0.4, 0.5) is 0 Å². The Hall–Kier alpha value is -2.58. The molecule has 0 bridgehead atoms. The van der Waals surface area contributed by atoms with Gasteiger partial charge in [-0.05, 0) is 24.6 Å². The Morgan fingerprint density at radius 2 is 1.64 bits per heavy atom. The molecule has 0 aliphatic rings. The zero-order chi connectivity index (χ0) is 20.7. The molecular formula is C20H26N2O5S. The number of rotatable bonds is 9. The van der Waals surface area contributed by atoms with E-state index in [1.807, 2.05) is 18.2 Å². The number of nitrogens with one attached hydrogen (secondary N) is 1. The number of benzene rings is 2. The van der Waals surface area contributed by atoms with Crippen LogP contribution in [0.5, 0.6) is 11.5 Å². The molecule has 152 valence electrons. The third-order valence-electron chi connectivity index (χ3n) is 4.20. The molecule has 0 saturated heterocycles. The van der Waals surface area contributed by atoms with Gasteiger partial charge in [0, 0.05) is 7.05 Å². The van der Waals surface area contributed by atoms with Crippen LogP contribution in [0, 0.1) is 0 Å². The van der Waals surface area contributed by atoms with Crippen molar-refractivity contribution in [1.82, 2.24) is 9.62 Å². The Morgan fingerprint density at radius 1 is 1.07 bits per heavy atom. The smallest absolute Gasteiger partial charge is 0.243 e. The quantitative estimate of drug-likeness (QED) is 0.690. The number of para-hydroxylation sites is 2. The summed E-state index contributed by atoms with van der Waals surface area (Å²) in [7, 11) is -0.625. The van der Waals surface area contributed by atoms with E-state index in [0.29, 0.717) is 17.1 Å². The van der Waals surface area contributed by atoms with E-state index in [0.717, 1.165) is 10.6 Å². The number of ether oxygens (including phenoxy) is 2. The van der Waals surface area contributed by atoms with E-state index in [1.165, 1.54) is 7.05 Å². The van der Waals surface area contributed by atoms with E-state index < -0.39 is 22.0 Å². The van der Waals surface area contributed by atoms with Crippen molar-refractivity contribution in [2.24, 2.45) is 0 Å². The second-order valence-corrected chi connectivity index (χ2v) is 8.51. The number of nitrogens with zero attached hydrogens (tertiary/aromatic N) is 1. The highest BCUT2D eigenvalue weighted by Gasteiger charge is 2.31. The Labute approximate surface area is 166 Å². The molecule has 0 saturated carbocycles. The third kappa shape index (κ3) is 5.71. The van der Waals surface area contributed by atoms with Crippen molar-refractivity contribution >= 4 is 15.9 Å². The van der Waals surface area contributed by atoms with Crippen LogP contribution in [0.15, 0.2) is 54.6 Å². The summed E-state index contributed by atoms with van der Waals surface area (Å²) >= 11 is 0. The number of hydrogen-bond acceptors (Lipinski definition) is 5. The lowest BCUT2D eigenvalue weighted by Gasteiger charge is -2.27. The molecule has 0 unspecified atom stereocenters. The first kappa shape index (κ1) is 21.7. The maximum Gasteiger partial charge on any atom is 0.243 e. The summed E-state index contributed by atoms with van der Waals surface area (Å²) in [6.07, 6.45) is 1.07. The number of carbonyl (C=O) groups excluding carboxylic acids is 1. The molecule has 28 heavy (non-hydrogen) atoms. The second-order valence-electron chi connectivity index (χ2n) is 6.46. The molecule has 2 aromatic carbocycles. The lowest BCUT2D eigenvalue weighted by atomic mass is 10.1. The molecule has 1 N–H and O–H groups in total.